The molecule has 2 aromatic carbocycles. The standard InChI is InChI=1S/C19H21NO3/c1-22-16-9-8-14(12-17(16)23-2)13-18(21)20-19(10-11-19)15-6-4-3-5-7-15/h3-9,12H,10-11,13H2,1-2H3,(H,20,21). The summed E-state index contributed by atoms with van der Waals surface area (Å²) < 4.78 is 10.5. The summed E-state index contributed by atoms with van der Waals surface area (Å²) in [5.74, 6) is 1.33. The molecular weight excluding hydrogens is 290 g/mol. The monoisotopic (exact) mass is 311 g/mol. The topological polar surface area (TPSA) is 47.6 Å². The summed E-state index contributed by atoms with van der Waals surface area (Å²) >= 11 is 0. The molecular formula is C19H21NO3. The van der Waals surface area contributed by atoms with Gasteiger partial charge in [0.25, 0.3) is 0 Å². The average molecular weight is 311 g/mol. The van der Waals surface area contributed by atoms with Crippen LogP contribution in [0.15, 0.2) is 48.5 Å². The van der Waals surface area contributed by atoms with E-state index in [1.165, 1.54) is 5.56 Å². The van der Waals surface area contributed by atoms with Gasteiger partial charge < -0.3 is 14.8 Å². The van der Waals surface area contributed by atoms with Crippen LogP contribution in [0.5, 0.6) is 11.5 Å². The van der Waals surface area contributed by atoms with Gasteiger partial charge in [-0.25, -0.2) is 0 Å². The highest BCUT2D eigenvalue weighted by Crippen LogP contribution is 2.45. The van der Waals surface area contributed by atoms with Gasteiger partial charge in [0.05, 0.1) is 26.2 Å². The third kappa shape index (κ3) is 3.31. The van der Waals surface area contributed by atoms with E-state index in [2.05, 4.69) is 17.4 Å². The van der Waals surface area contributed by atoms with Gasteiger partial charge in [-0.3, -0.25) is 4.79 Å². The minimum absolute atomic E-state index is 0.0265. The summed E-state index contributed by atoms with van der Waals surface area (Å²) in [7, 11) is 3.19. The van der Waals surface area contributed by atoms with Crippen LogP contribution >= 0.6 is 0 Å². The molecule has 120 valence electrons. The SMILES string of the molecule is COc1ccc(CC(=O)NC2(c3ccccc3)CC2)cc1OC. The van der Waals surface area contributed by atoms with Crippen LogP contribution in [0, 0.1) is 0 Å². The van der Waals surface area contributed by atoms with E-state index in [0.29, 0.717) is 17.9 Å². The van der Waals surface area contributed by atoms with Crippen molar-refractivity contribution >= 4 is 5.91 Å². The molecule has 2 aromatic rings. The zero-order valence-corrected chi connectivity index (χ0v) is 13.5. The van der Waals surface area contributed by atoms with Gasteiger partial charge in [-0.05, 0) is 36.1 Å². The van der Waals surface area contributed by atoms with Crippen LogP contribution in [0.25, 0.3) is 0 Å². The third-order valence-electron chi connectivity index (χ3n) is 4.27. The van der Waals surface area contributed by atoms with Crippen molar-refractivity contribution in [3.8, 4) is 11.5 Å². The fraction of sp³-hybridized carbons (Fsp3) is 0.316. The molecule has 23 heavy (non-hydrogen) atoms. The van der Waals surface area contributed by atoms with Crippen molar-refractivity contribution in [1.29, 1.82) is 0 Å². The zero-order chi connectivity index (χ0) is 16.3. The van der Waals surface area contributed by atoms with Gasteiger partial charge in [0.2, 0.25) is 5.91 Å². The lowest BCUT2D eigenvalue weighted by atomic mass is 10.0. The second-order valence-electron chi connectivity index (χ2n) is 5.86. The van der Waals surface area contributed by atoms with Crippen LogP contribution in [0.1, 0.15) is 24.0 Å². The zero-order valence-electron chi connectivity index (χ0n) is 13.5. The number of benzene rings is 2. The Morgan fingerprint density at radius 2 is 1.74 bits per heavy atom. The van der Waals surface area contributed by atoms with Crippen molar-refractivity contribution in [2.75, 3.05) is 14.2 Å². The van der Waals surface area contributed by atoms with E-state index in [0.717, 1.165) is 18.4 Å². The van der Waals surface area contributed by atoms with E-state index in [1.54, 1.807) is 14.2 Å². The first kappa shape index (κ1) is 15.4. The number of carbonyl (C=O) groups excluding carboxylic acids is 1. The van der Waals surface area contributed by atoms with Crippen molar-refractivity contribution in [1.82, 2.24) is 5.32 Å². The summed E-state index contributed by atoms with van der Waals surface area (Å²) in [4.78, 5) is 12.4. The number of hydrogen-bond donors (Lipinski definition) is 1. The number of rotatable bonds is 6. The molecule has 0 unspecified atom stereocenters. The first-order valence-corrected chi connectivity index (χ1v) is 7.74. The molecule has 4 nitrogen and oxygen atoms in total. The fourth-order valence-electron chi connectivity index (χ4n) is 2.86. The summed E-state index contributed by atoms with van der Waals surface area (Å²) in [6, 6.07) is 15.7. The van der Waals surface area contributed by atoms with E-state index in [1.807, 2.05) is 36.4 Å². The Hall–Kier alpha value is -2.49. The van der Waals surface area contributed by atoms with E-state index in [4.69, 9.17) is 9.47 Å². The van der Waals surface area contributed by atoms with Gasteiger partial charge in [0.15, 0.2) is 11.5 Å². The minimum Gasteiger partial charge on any atom is -0.493 e. The number of ether oxygens (including phenoxy) is 2. The average Bonchev–Trinajstić information content (AvgIpc) is 3.36. The molecule has 1 fully saturated rings. The molecule has 1 N–H and O–H groups in total. The van der Waals surface area contributed by atoms with E-state index in [-0.39, 0.29) is 11.4 Å². The van der Waals surface area contributed by atoms with Gasteiger partial charge in [-0.2, -0.15) is 0 Å². The highest BCUT2D eigenvalue weighted by Gasteiger charge is 2.45. The van der Waals surface area contributed by atoms with Crippen LogP contribution in [0.3, 0.4) is 0 Å². The Labute approximate surface area is 136 Å². The molecule has 0 atom stereocenters. The normalized spacial score (nSPS) is 14.9. The summed E-state index contributed by atoms with van der Waals surface area (Å²) in [5, 5.41) is 3.19. The third-order valence-corrected chi connectivity index (χ3v) is 4.27. The van der Waals surface area contributed by atoms with Crippen molar-refractivity contribution < 1.29 is 14.3 Å². The highest BCUT2D eigenvalue weighted by atomic mass is 16.5. The molecule has 0 radical (unpaired) electrons. The minimum atomic E-state index is -0.172. The molecule has 3 rings (SSSR count). The number of nitrogens with one attached hydrogen (secondary N) is 1. The fourth-order valence-corrected chi connectivity index (χ4v) is 2.86. The van der Waals surface area contributed by atoms with Crippen molar-refractivity contribution in [3.05, 3.63) is 59.7 Å². The Morgan fingerprint density at radius 1 is 1.04 bits per heavy atom. The Morgan fingerprint density at radius 3 is 2.35 bits per heavy atom. The van der Waals surface area contributed by atoms with Crippen LogP contribution < -0.4 is 14.8 Å². The van der Waals surface area contributed by atoms with Crippen molar-refractivity contribution in [2.45, 2.75) is 24.8 Å². The molecule has 0 aromatic heterocycles. The van der Waals surface area contributed by atoms with Gasteiger partial charge in [0, 0.05) is 0 Å². The molecule has 0 saturated heterocycles. The number of carbonyl (C=O) groups is 1. The van der Waals surface area contributed by atoms with Crippen LogP contribution in [-0.2, 0) is 16.8 Å². The second-order valence-corrected chi connectivity index (χ2v) is 5.86. The predicted molar refractivity (Wildman–Crippen MR) is 88.7 cm³/mol. The Balaban J connectivity index is 1.68. The Bertz CT molecular complexity index is 693. The predicted octanol–water partition coefficient (Wildman–Crippen LogP) is 3.05. The maximum absolute atomic E-state index is 12.4. The number of methoxy groups -OCH3 is 2. The molecule has 1 saturated carbocycles. The molecule has 1 aliphatic rings. The quantitative estimate of drug-likeness (QED) is 0.892. The lowest BCUT2D eigenvalue weighted by Crippen LogP contribution is -2.35. The maximum Gasteiger partial charge on any atom is 0.225 e. The van der Waals surface area contributed by atoms with Gasteiger partial charge in [-0.1, -0.05) is 36.4 Å². The largest absolute Gasteiger partial charge is 0.493 e. The first-order chi connectivity index (χ1) is 11.2. The lowest BCUT2D eigenvalue weighted by Gasteiger charge is -2.18. The van der Waals surface area contributed by atoms with Crippen LogP contribution in [0.4, 0.5) is 0 Å². The summed E-state index contributed by atoms with van der Waals surface area (Å²) in [5.41, 5.74) is 1.92. The van der Waals surface area contributed by atoms with Crippen LogP contribution in [0.2, 0.25) is 0 Å². The van der Waals surface area contributed by atoms with Crippen molar-refractivity contribution in [2.24, 2.45) is 0 Å². The molecule has 1 amide bonds. The smallest absolute Gasteiger partial charge is 0.225 e. The molecule has 4 heteroatoms. The van der Waals surface area contributed by atoms with Gasteiger partial charge >= 0.3 is 0 Å². The Kier molecular flexibility index (Phi) is 4.24. The van der Waals surface area contributed by atoms with Crippen molar-refractivity contribution in [3.63, 3.8) is 0 Å². The molecule has 0 bridgehead atoms. The summed E-state index contributed by atoms with van der Waals surface area (Å²) in [6.45, 7) is 0. The first-order valence-electron chi connectivity index (χ1n) is 7.74. The molecule has 0 heterocycles. The van der Waals surface area contributed by atoms with E-state index >= 15 is 0 Å². The second kappa shape index (κ2) is 6.32. The molecule has 0 spiro atoms. The van der Waals surface area contributed by atoms with Gasteiger partial charge in [-0.15, -0.1) is 0 Å². The molecule has 0 aliphatic heterocycles. The van der Waals surface area contributed by atoms with E-state index < -0.39 is 0 Å². The molecule has 1 aliphatic carbocycles. The summed E-state index contributed by atoms with van der Waals surface area (Å²) in [6.07, 6.45) is 2.32. The van der Waals surface area contributed by atoms with E-state index in [9.17, 15) is 4.79 Å². The highest BCUT2D eigenvalue weighted by molar-refractivity contribution is 5.80. The lowest BCUT2D eigenvalue weighted by molar-refractivity contribution is -0.121. The number of hydrogen-bond acceptors (Lipinski definition) is 3. The van der Waals surface area contributed by atoms with Gasteiger partial charge in [0.1, 0.15) is 0 Å². The number of amides is 1. The maximum atomic E-state index is 12.4. The van der Waals surface area contributed by atoms with Crippen LogP contribution in [-0.4, -0.2) is 20.1 Å².